The molecule has 0 aliphatic rings. The third-order valence-corrected chi connectivity index (χ3v) is 4.72. The number of halogens is 1. The lowest BCUT2D eigenvalue weighted by molar-refractivity contribution is 0.0955. The van der Waals surface area contributed by atoms with Crippen LogP contribution >= 0.6 is 15.9 Å². The normalized spacial score (nSPS) is 10.9. The van der Waals surface area contributed by atoms with Crippen LogP contribution in [0.25, 0.3) is 11.3 Å². The molecule has 0 aliphatic carbocycles. The number of benzene rings is 2. The van der Waals surface area contributed by atoms with Crippen molar-refractivity contribution in [3.63, 3.8) is 0 Å². The molecule has 0 atom stereocenters. The molecule has 0 fully saturated rings. The summed E-state index contributed by atoms with van der Waals surface area (Å²) in [7, 11) is 0. The molecule has 1 N–H and O–H groups in total. The Kier molecular flexibility index (Phi) is 6.08. The first-order valence-corrected chi connectivity index (χ1v) is 9.28. The van der Waals surface area contributed by atoms with Crippen molar-refractivity contribution >= 4 is 28.1 Å². The lowest BCUT2D eigenvalue weighted by Gasteiger charge is -2.03. The van der Waals surface area contributed by atoms with Crippen molar-refractivity contribution in [1.82, 2.24) is 5.43 Å². The molecule has 0 saturated heterocycles. The monoisotopic (exact) mass is 426 g/mol. The largest absolute Gasteiger partial charge is 0.494 e. The lowest BCUT2D eigenvalue weighted by Crippen LogP contribution is -2.17. The molecule has 138 valence electrons. The van der Waals surface area contributed by atoms with Crippen molar-refractivity contribution in [2.45, 2.75) is 13.8 Å². The van der Waals surface area contributed by atoms with Crippen LogP contribution in [0.3, 0.4) is 0 Å². The van der Waals surface area contributed by atoms with Gasteiger partial charge in [0.05, 0.1) is 12.8 Å². The van der Waals surface area contributed by atoms with Crippen LogP contribution in [0.4, 0.5) is 0 Å². The van der Waals surface area contributed by atoms with E-state index in [0.29, 0.717) is 17.9 Å². The number of carbonyl (C=O) groups excluding carboxylic acids is 1. The number of hydrazone groups is 1. The minimum Gasteiger partial charge on any atom is -0.494 e. The zero-order valence-corrected chi connectivity index (χ0v) is 16.6. The van der Waals surface area contributed by atoms with E-state index in [1.165, 1.54) is 6.21 Å². The zero-order valence-electron chi connectivity index (χ0n) is 15.0. The Labute approximate surface area is 166 Å². The van der Waals surface area contributed by atoms with E-state index in [2.05, 4.69) is 26.5 Å². The number of amides is 1. The standard InChI is InChI=1S/C21H19BrN2O3/c1-3-26-17-8-6-15(7-9-17)21(25)24-23-13-18-10-11-20(27-18)16-5-4-14(2)19(22)12-16/h4-13H,3H2,1-2H3,(H,24,25)/b23-13+. The van der Waals surface area contributed by atoms with Crippen LogP contribution in [0.15, 0.2) is 68.6 Å². The molecule has 0 saturated carbocycles. The third-order valence-electron chi connectivity index (χ3n) is 3.87. The van der Waals surface area contributed by atoms with Crippen LogP contribution in [-0.4, -0.2) is 18.7 Å². The highest BCUT2D eigenvalue weighted by atomic mass is 79.9. The number of nitrogens with zero attached hydrogens (tertiary/aromatic N) is 1. The van der Waals surface area contributed by atoms with E-state index < -0.39 is 0 Å². The predicted molar refractivity (Wildman–Crippen MR) is 109 cm³/mol. The molecule has 0 aliphatic heterocycles. The lowest BCUT2D eigenvalue weighted by atomic mass is 10.1. The maximum atomic E-state index is 12.1. The van der Waals surface area contributed by atoms with Gasteiger partial charge in [0.15, 0.2) is 0 Å². The van der Waals surface area contributed by atoms with Crippen LogP contribution in [0.1, 0.15) is 28.6 Å². The van der Waals surface area contributed by atoms with Gasteiger partial charge in [0.2, 0.25) is 0 Å². The smallest absolute Gasteiger partial charge is 0.271 e. The summed E-state index contributed by atoms with van der Waals surface area (Å²) in [5.41, 5.74) is 5.11. The van der Waals surface area contributed by atoms with Gasteiger partial charge in [-0.2, -0.15) is 5.10 Å². The fraction of sp³-hybridized carbons (Fsp3) is 0.143. The van der Waals surface area contributed by atoms with E-state index in [9.17, 15) is 4.79 Å². The number of hydrogen-bond donors (Lipinski definition) is 1. The molecular formula is C21H19BrN2O3. The second-order valence-electron chi connectivity index (χ2n) is 5.82. The summed E-state index contributed by atoms with van der Waals surface area (Å²) < 4.78 is 12.1. The Morgan fingerprint density at radius 2 is 1.96 bits per heavy atom. The first-order valence-electron chi connectivity index (χ1n) is 8.49. The Morgan fingerprint density at radius 1 is 1.19 bits per heavy atom. The van der Waals surface area contributed by atoms with Gasteiger partial charge in [0, 0.05) is 15.6 Å². The number of rotatable bonds is 6. The molecule has 3 aromatic rings. The molecule has 0 spiro atoms. The Bertz CT molecular complexity index is 962. The van der Waals surface area contributed by atoms with Crippen LogP contribution in [0, 0.1) is 6.92 Å². The first-order chi connectivity index (χ1) is 13.1. The summed E-state index contributed by atoms with van der Waals surface area (Å²) in [5, 5.41) is 3.96. The molecule has 0 unspecified atom stereocenters. The van der Waals surface area contributed by atoms with Gasteiger partial charge in [0.1, 0.15) is 17.3 Å². The number of furan rings is 1. The maximum absolute atomic E-state index is 12.1. The summed E-state index contributed by atoms with van der Waals surface area (Å²) >= 11 is 3.52. The van der Waals surface area contributed by atoms with E-state index in [-0.39, 0.29) is 5.91 Å². The molecule has 0 bridgehead atoms. The fourth-order valence-electron chi connectivity index (χ4n) is 2.41. The first kappa shape index (κ1) is 18.9. The van der Waals surface area contributed by atoms with Crippen molar-refractivity contribution in [2.24, 2.45) is 5.10 Å². The molecular weight excluding hydrogens is 408 g/mol. The molecule has 1 amide bonds. The van der Waals surface area contributed by atoms with Crippen molar-refractivity contribution < 1.29 is 13.9 Å². The highest BCUT2D eigenvalue weighted by Crippen LogP contribution is 2.26. The highest BCUT2D eigenvalue weighted by Gasteiger charge is 2.07. The second kappa shape index (κ2) is 8.68. The zero-order chi connectivity index (χ0) is 19.2. The fourth-order valence-corrected chi connectivity index (χ4v) is 2.79. The Hall–Kier alpha value is -2.86. The van der Waals surface area contributed by atoms with Crippen molar-refractivity contribution in [3.05, 3.63) is 76.0 Å². The molecule has 1 heterocycles. The number of nitrogens with one attached hydrogen (secondary N) is 1. The van der Waals surface area contributed by atoms with E-state index in [0.717, 1.165) is 27.1 Å². The second-order valence-corrected chi connectivity index (χ2v) is 6.68. The van der Waals surface area contributed by atoms with E-state index in [4.69, 9.17) is 9.15 Å². The quantitative estimate of drug-likeness (QED) is 0.436. The summed E-state index contributed by atoms with van der Waals surface area (Å²) in [6.07, 6.45) is 1.47. The van der Waals surface area contributed by atoms with E-state index in [1.54, 1.807) is 30.3 Å². The molecule has 3 rings (SSSR count). The molecule has 5 nitrogen and oxygen atoms in total. The van der Waals surface area contributed by atoms with Crippen LogP contribution in [-0.2, 0) is 0 Å². The number of carbonyl (C=O) groups is 1. The van der Waals surface area contributed by atoms with Crippen molar-refractivity contribution in [1.29, 1.82) is 0 Å². The number of hydrogen-bond acceptors (Lipinski definition) is 4. The van der Waals surface area contributed by atoms with Crippen molar-refractivity contribution in [2.75, 3.05) is 6.61 Å². The van der Waals surface area contributed by atoms with Gasteiger partial charge in [-0.15, -0.1) is 0 Å². The molecule has 6 heteroatoms. The van der Waals surface area contributed by atoms with Crippen LogP contribution in [0.5, 0.6) is 5.75 Å². The number of ether oxygens (including phenoxy) is 1. The van der Waals surface area contributed by atoms with Gasteiger partial charge >= 0.3 is 0 Å². The van der Waals surface area contributed by atoms with Gasteiger partial charge in [-0.1, -0.05) is 28.1 Å². The van der Waals surface area contributed by atoms with Gasteiger partial charge in [-0.05, 0) is 61.9 Å². The van der Waals surface area contributed by atoms with Crippen molar-refractivity contribution in [3.8, 4) is 17.1 Å². The molecule has 0 radical (unpaired) electrons. The average molecular weight is 427 g/mol. The highest BCUT2D eigenvalue weighted by molar-refractivity contribution is 9.10. The SMILES string of the molecule is CCOc1ccc(C(=O)N/N=C/c2ccc(-c3ccc(C)c(Br)c3)o2)cc1. The average Bonchev–Trinajstić information content (AvgIpc) is 3.14. The van der Waals surface area contributed by atoms with Gasteiger partial charge in [-0.25, -0.2) is 5.43 Å². The predicted octanol–water partition coefficient (Wildman–Crippen LogP) is 5.18. The molecule has 27 heavy (non-hydrogen) atoms. The maximum Gasteiger partial charge on any atom is 0.271 e. The van der Waals surface area contributed by atoms with Gasteiger partial charge in [0.25, 0.3) is 5.91 Å². The van der Waals surface area contributed by atoms with Gasteiger partial charge in [-0.3, -0.25) is 4.79 Å². The third kappa shape index (κ3) is 4.86. The Morgan fingerprint density at radius 3 is 2.67 bits per heavy atom. The summed E-state index contributed by atoms with van der Waals surface area (Å²) in [6, 6.07) is 16.6. The Balaban J connectivity index is 1.62. The van der Waals surface area contributed by atoms with Crippen LogP contribution in [0.2, 0.25) is 0 Å². The minimum atomic E-state index is -0.302. The molecule has 1 aromatic heterocycles. The summed E-state index contributed by atoms with van der Waals surface area (Å²) in [5.74, 6) is 1.70. The van der Waals surface area contributed by atoms with Crippen LogP contribution < -0.4 is 10.2 Å². The summed E-state index contributed by atoms with van der Waals surface area (Å²) in [6.45, 7) is 4.52. The van der Waals surface area contributed by atoms with E-state index >= 15 is 0 Å². The molecule has 2 aromatic carbocycles. The summed E-state index contributed by atoms with van der Waals surface area (Å²) in [4.78, 5) is 12.1. The topological polar surface area (TPSA) is 63.8 Å². The number of aryl methyl sites for hydroxylation is 1. The minimum absolute atomic E-state index is 0.302. The van der Waals surface area contributed by atoms with Gasteiger partial charge < -0.3 is 9.15 Å². The van der Waals surface area contributed by atoms with E-state index in [1.807, 2.05) is 38.1 Å².